The normalized spacial score (nSPS) is 39.5. The number of piperidine rings is 1. The van der Waals surface area contributed by atoms with Crippen molar-refractivity contribution in [2.45, 2.75) is 137 Å². The third-order valence-corrected chi connectivity index (χ3v) is 10.6. The molecule has 3 saturated carbocycles. The zero-order valence-corrected chi connectivity index (χ0v) is 22.8. The Morgan fingerprint density at radius 1 is 0.848 bits per heavy atom. The average molecular weight is 461 g/mol. The smallest absolute Gasteiger partial charge is 0.220 e. The van der Waals surface area contributed by atoms with Crippen molar-refractivity contribution in [1.82, 2.24) is 10.6 Å². The van der Waals surface area contributed by atoms with Gasteiger partial charge in [0, 0.05) is 12.5 Å². The topological polar surface area (TPSA) is 41.1 Å². The number of rotatable bonds is 10. The minimum Gasteiger partial charge on any atom is -0.353 e. The third-order valence-electron chi connectivity index (χ3n) is 10.6. The van der Waals surface area contributed by atoms with Crippen molar-refractivity contribution in [2.75, 3.05) is 13.1 Å². The van der Waals surface area contributed by atoms with Crippen molar-refractivity contribution in [3.05, 3.63) is 0 Å². The molecule has 4 aliphatic rings. The second kappa shape index (κ2) is 12.4. The summed E-state index contributed by atoms with van der Waals surface area (Å²) in [5, 5.41) is 7.25. The molecule has 3 unspecified atom stereocenters. The van der Waals surface area contributed by atoms with Crippen molar-refractivity contribution < 1.29 is 4.79 Å². The largest absolute Gasteiger partial charge is 0.353 e. The van der Waals surface area contributed by atoms with Crippen LogP contribution in [0, 0.1) is 34.5 Å². The van der Waals surface area contributed by atoms with E-state index in [-0.39, 0.29) is 0 Å². The van der Waals surface area contributed by atoms with Gasteiger partial charge in [-0.1, -0.05) is 73.1 Å². The lowest BCUT2D eigenvalue weighted by Crippen LogP contribution is -2.61. The summed E-state index contributed by atoms with van der Waals surface area (Å²) in [6, 6.07) is 0.445. The molecule has 192 valence electrons. The molecule has 4 rings (SSSR count). The molecule has 7 atom stereocenters. The molecule has 1 heterocycles. The minimum absolute atomic E-state index is 0.300. The summed E-state index contributed by atoms with van der Waals surface area (Å²) in [5.41, 5.74) is 0.904. The van der Waals surface area contributed by atoms with Crippen LogP contribution in [0.5, 0.6) is 0 Å². The van der Waals surface area contributed by atoms with Crippen LogP contribution in [-0.2, 0) is 4.79 Å². The van der Waals surface area contributed by atoms with Crippen LogP contribution in [0.1, 0.15) is 131 Å². The van der Waals surface area contributed by atoms with Gasteiger partial charge in [-0.2, -0.15) is 0 Å². The highest BCUT2D eigenvalue weighted by Crippen LogP contribution is 2.65. The van der Waals surface area contributed by atoms with E-state index in [0.29, 0.717) is 22.8 Å². The van der Waals surface area contributed by atoms with E-state index >= 15 is 0 Å². The number of amides is 1. The number of nitrogens with one attached hydrogen (secondary N) is 2. The van der Waals surface area contributed by atoms with Crippen LogP contribution in [0.3, 0.4) is 0 Å². The Balaban J connectivity index is 0.00000149. The second-order valence-corrected chi connectivity index (χ2v) is 12.2. The lowest BCUT2D eigenvalue weighted by Gasteiger charge is -2.60. The van der Waals surface area contributed by atoms with Crippen molar-refractivity contribution in [3.8, 4) is 0 Å². The van der Waals surface area contributed by atoms with E-state index in [9.17, 15) is 4.79 Å². The molecule has 3 nitrogen and oxygen atoms in total. The molecule has 0 bridgehead atoms. The van der Waals surface area contributed by atoms with Gasteiger partial charge in [0.15, 0.2) is 0 Å². The predicted molar refractivity (Wildman–Crippen MR) is 141 cm³/mol. The lowest BCUT2D eigenvalue weighted by molar-refractivity contribution is -0.136. The van der Waals surface area contributed by atoms with Crippen LogP contribution in [-0.4, -0.2) is 25.0 Å². The number of carbonyl (C=O) groups excluding carboxylic acids is 1. The predicted octanol–water partition coefficient (Wildman–Crippen LogP) is 7.49. The summed E-state index contributed by atoms with van der Waals surface area (Å²) in [6.07, 6.45) is 20.0. The number of fused-ring (bicyclic) bond motifs is 5. The number of carbonyl (C=O) groups is 1. The van der Waals surface area contributed by atoms with Crippen molar-refractivity contribution >= 4 is 5.91 Å². The Bertz CT molecular complexity index is 606. The summed E-state index contributed by atoms with van der Waals surface area (Å²) in [4.78, 5) is 12.0. The first-order valence-corrected chi connectivity index (χ1v) is 15.0. The molecular formula is C30H56N2O. The molecule has 0 aromatic carbocycles. The number of hydrogen-bond donors (Lipinski definition) is 2. The Hall–Kier alpha value is -0.570. The fourth-order valence-electron chi connectivity index (χ4n) is 8.63. The summed E-state index contributed by atoms with van der Waals surface area (Å²) >= 11 is 0. The zero-order valence-electron chi connectivity index (χ0n) is 22.8. The van der Waals surface area contributed by atoms with Crippen LogP contribution in [0.2, 0.25) is 0 Å². The Morgan fingerprint density at radius 3 is 2.30 bits per heavy atom. The first-order chi connectivity index (χ1) is 16.0. The highest BCUT2D eigenvalue weighted by Gasteiger charge is 2.60. The van der Waals surface area contributed by atoms with Gasteiger partial charge in [0.05, 0.1) is 0 Å². The molecule has 3 aliphatic carbocycles. The Labute approximate surface area is 206 Å². The fourth-order valence-corrected chi connectivity index (χ4v) is 8.63. The summed E-state index contributed by atoms with van der Waals surface area (Å²) in [5.74, 6) is 3.84. The molecule has 4 fully saturated rings. The van der Waals surface area contributed by atoms with E-state index in [4.69, 9.17) is 0 Å². The van der Waals surface area contributed by atoms with Gasteiger partial charge in [-0.3, -0.25) is 4.79 Å². The van der Waals surface area contributed by atoms with Gasteiger partial charge in [0.1, 0.15) is 0 Å². The molecule has 3 heteroatoms. The van der Waals surface area contributed by atoms with Crippen LogP contribution >= 0.6 is 0 Å². The van der Waals surface area contributed by atoms with E-state index in [2.05, 4.69) is 31.4 Å². The zero-order chi connectivity index (χ0) is 23.9. The maximum Gasteiger partial charge on any atom is 0.220 e. The highest BCUT2D eigenvalue weighted by molar-refractivity contribution is 5.77. The van der Waals surface area contributed by atoms with E-state index in [0.717, 1.165) is 36.5 Å². The molecular weight excluding hydrogens is 404 g/mol. The summed E-state index contributed by atoms with van der Waals surface area (Å²) in [7, 11) is 0. The van der Waals surface area contributed by atoms with Gasteiger partial charge in [-0.25, -0.2) is 0 Å². The van der Waals surface area contributed by atoms with E-state index in [1.807, 2.05) is 13.8 Å². The van der Waals surface area contributed by atoms with Crippen LogP contribution in [0.15, 0.2) is 0 Å². The molecule has 1 amide bonds. The molecule has 0 aromatic heterocycles. The Kier molecular flexibility index (Phi) is 10.2. The highest BCUT2D eigenvalue weighted by atomic mass is 16.1. The van der Waals surface area contributed by atoms with Crippen molar-refractivity contribution in [3.63, 3.8) is 0 Å². The first-order valence-electron chi connectivity index (χ1n) is 15.0. The minimum atomic E-state index is 0.300. The van der Waals surface area contributed by atoms with Crippen molar-refractivity contribution in [2.24, 2.45) is 34.5 Å². The first kappa shape index (κ1) is 27.0. The standard InChI is InChI=1S/C28H50N2O.C2H6/c1-4-5-6-7-8-9-10-19-29-20-21-11-13-23-22-12-14-25-28(3,18-16-26(31)30-25)24(22)15-17-27(21,23)2;1-2/h21-25,29H,4-20H2,1-3H3,(H,30,31);1-2H3/t21-,22+,23?,24?,25?,27-,28-;/m1./s1. The van der Waals surface area contributed by atoms with Crippen LogP contribution in [0.4, 0.5) is 0 Å². The number of hydrogen-bond acceptors (Lipinski definition) is 2. The van der Waals surface area contributed by atoms with Gasteiger partial charge in [-0.05, 0) is 99.0 Å². The molecule has 2 N–H and O–H groups in total. The van der Waals surface area contributed by atoms with Gasteiger partial charge < -0.3 is 10.6 Å². The van der Waals surface area contributed by atoms with Crippen LogP contribution < -0.4 is 10.6 Å². The van der Waals surface area contributed by atoms with Gasteiger partial charge in [0.25, 0.3) is 0 Å². The second-order valence-electron chi connectivity index (χ2n) is 12.2. The SMILES string of the molecule is CC.CCCCCCCCCNC[C@H]1CCC2[C@@H]3CCC4NC(=O)CC[C@]4(C)C3CC[C@@]21C. The fraction of sp³-hybridized carbons (Fsp3) is 0.967. The lowest BCUT2D eigenvalue weighted by atomic mass is 9.47. The van der Waals surface area contributed by atoms with E-state index in [1.54, 1.807) is 0 Å². The third kappa shape index (κ3) is 5.81. The van der Waals surface area contributed by atoms with E-state index in [1.165, 1.54) is 96.6 Å². The van der Waals surface area contributed by atoms with E-state index < -0.39 is 0 Å². The van der Waals surface area contributed by atoms with Gasteiger partial charge in [0.2, 0.25) is 5.91 Å². The average Bonchev–Trinajstić information content (AvgIpc) is 3.16. The summed E-state index contributed by atoms with van der Waals surface area (Å²) in [6.45, 7) is 13.9. The maximum atomic E-state index is 12.0. The maximum absolute atomic E-state index is 12.0. The molecule has 0 radical (unpaired) electrons. The van der Waals surface area contributed by atoms with Crippen molar-refractivity contribution in [1.29, 1.82) is 0 Å². The van der Waals surface area contributed by atoms with Crippen LogP contribution in [0.25, 0.3) is 0 Å². The van der Waals surface area contributed by atoms with Gasteiger partial charge in [-0.15, -0.1) is 0 Å². The van der Waals surface area contributed by atoms with Gasteiger partial charge >= 0.3 is 0 Å². The molecule has 1 aliphatic heterocycles. The molecule has 0 spiro atoms. The quantitative estimate of drug-likeness (QED) is 0.332. The Morgan fingerprint density at radius 2 is 1.55 bits per heavy atom. The molecule has 1 saturated heterocycles. The number of unbranched alkanes of at least 4 members (excludes halogenated alkanes) is 6. The summed E-state index contributed by atoms with van der Waals surface area (Å²) < 4.78 is 0. The molecule has 0 aromatic rings. The molecule has 33 heavy (non-hydrogen) atoms. The monoisotopic (exact) mass is 460 g/mol.